The first kappa shape index (κ1) is 11.5. The summed E-state index contributed by atoms with van der Waals surface area (Å²) in [6, 6.07) is 7.89. The fraction of sp³-hybridized carbons (Fsp3) is 0.500. The van der Waals surface area contributed by atoms with Crippen LogP contribution in [0.3, 0.4) is 0 Å². The normalized spacial score (nSPS) is 29.7. The summed E-state index contributed by atoms with van der Waals surface area (Å²) in [5.74, 6) is 1.52. The number of ether oxygens (including phenoxy) is 1. The minimum absolute atomic E-state index is 0.152. The lowest BCUT2D eigenvalue weighted by Crippen LogP contribution is -2.17. The monoisotopic (exact) mass is 247 g/mol. The largest absolute Gasteiger partial charge is 0.497 e. The second kappa shape index (κ2) is 4.61. The molecule has 1 N–H and O–H groups in total. The van der Waals surface area contributed by atoms with E-state index in [0.29, 0.717) is 11.8 Å². The predicted octanol–water partition coefficient (Wildman–Crippen LogP) is 1.82. The summed E-state index contributed by atoms with van der Waals surface area (Å²) in [7, 11) is 1.66. The molecule has 1 fully saturated rings. The van der Waals surface area contributed by atoms with E-state index >= 15 is 0 Å². The van der Waals surface area contributed by atoms with Crippen molar-refractivity contribution in [3.63, 3.8) is 0 Å². The van der Waals surface area contributed by atoms with Crippen LogP contribution >= 0.6 is 0 Å². The average molecular weight is 247 g/mol. The average Bonchev–Trinajstić information content (AvgIpc) is 2.98. The first-order chi connectivity index (χ1) is 8.81. The second-order valence-corrected chi connectivity index (χ2v) is 4.98. The van der Waals surface area contributed by atoms with Gasteiger partial charge in [0.05, 0.1) is 12.8 Å². The van der Waals surface area contributed by atoms with Crippen molar-refractivity contribution in [2.24, 2.45) is 17.0 Å². The molecule has 1 aromatic carbocycles. The first-order valence-corrected chi connectivity index (χ1v) is 6.31. The Kier molecular flexibility index (Phi) is 2.96. The lowest BCUT2D eigenvalue weighted by molar-refractivity contribution is 0.0684. The van der Waals surface area contributed by atoms with Gasteiger partial charge in [0, 0.05) is 12.5 Å². The molecule has 2 aliphatic rings. The van der Waals surface area contributed by atoms with Gasteiger partial charge in [-0.3, -0.25) is 0 Å². The maximum Gasteiger partial charge on any atom is 0.136 e. The highest BCUT2D eigenvalue weighted by Crippen LogP contribution is 2.39. The van der Waals surface area contributed by atoms with Crippen LogP contribution in [0.2, 0.25) is 0 Å². The van der Waals surface area contributed by atoms with Crippen LogP contribution in [0.15, 0.2) is 29.4 Å². The molecule has 0 spiro atoms. The van der Waals surface area contributed by atoms with Crippen LogP contribution in [0.1, 0.15) is 18.4 Å². The van der Waals surface area contributed by atoms with Crippen molar-refractivity contribution in [2.45, 2.75) is 18.9 Å². The molecule has 1 aliphatic carbocycles. The molecule has 3 unspecified atom stereocenters. The molecule has 3 rings (SSSR count). The third kappa shape index (κ3) is 1.86. The number of aliphatic hydroxyl groups excluding tert-OH is 1. The molecule has 18 heavy (non-hydrogen) atoms. The molecule has 0 aromatic heterocycles. The second-order valence-electron chi connectivity index (χ2n) is 4.98. The summed E-state index contributed by atoms with van der Waals surface area (Å²) < 4.78 is 5.15. The Hall–Kier alpha value is -1.55. The zero-order valence-corrected chi connectivity index (χ0v) is 10.4. The van der Waals surface area contributed by atoms with E-state index in [-0.39, 0.29) is 12.7 Å². The van der Waals surface area contributed by atoms with Crippen molar-refractivity contribution in [3.8, 4) is 5.75 Å². The number of aliphatic hydroxyl groups is 1. The number of hydrogen-bond acceptors (Lipinski definition) is 4. The standard InChI is InChI=1S/C14H17NO3/c1-17-11-4-2-10(3-5-11)14-12-6-9(8-16)7-13(12)18-15-14/h2-5,9,12-13,16H,6-8H2,1H3. The fourth-order valence-electron chi connectivity index (χ4n) is 2.87. The van der Waals surface area contributed by atoms with Gasteiger partial charge in [-0.05, 0) is 48.6 Å². The number of hydrogen-bond donors (Lipinski definition) is 1. The van der Waals surface area contributed by atoms with E-state index in [0.717, 1.165) is 29.9 Å². The lowest BCUT2D eigenvalue weighted by Gasteiger charge is -2.09. The quantitative estimate of drug-likeness (QED) is 0.886. The molecule has 1 aliphatic heterocycles. The van der Waals surface area contributed by atoms with Gasteiger partial charge in [0.2, 0.25) is 0 Å². The van der Waals surface area contributed by atoms with Gasteiger partial charge in [0.25, 0.3) is 0 Å². The Balaban J connectivity index is 1.80. The van der Waals surface area contributed by atoms with Crippen LogP contribution in [0.4, 0.5) is 0 Å². The van der Waals surface area contributed by atoms with Gasteiger partial charge < -0.3 is 14.7 Å². The topological polar surface area (TPSA) is 51.0 Å². The Morgan fingerprint density at radius 3 is 2.78 bits per heavy atom. The molecule has 0 amide bonds. The minimum Gasteiger partial charge on any atom is -0.497 e. The van der Waals surface area contributed by atoms with Gasteiger partial charge >= 0.3 is 0 Å². The molecular formula is C14H17NO3. The Bertz CT molecular complexity index is 455. The highest BCUT2D eigenvalue weighted by Gasteiger charge is 2.43. The lowest BCUT2D eigenvalue weighted by atomic mass is 9.94. The van der Waals surface area contributed by atoms with Crippen molar-refractivity contribution in [3.05, 3.63) is 29.8 Å². The zero-order chi connectivity index (χ0) is 12.5. The fourth-order valence-corrected chi connectivity index (χ4v) is 2.87. The van der Waals surface area contributed by atoms with Crippen molar-refractivity contribution >= 4 is 5.71 Å². The molecular weight excluding hydrogens is 230 g/mol. The minimum atomic E-state index is 0.152. The smallest absolute Gasteiger partial charge is 0.136 e. The Labute approximate surface area is 106 Å². The molecule has 1 aromatic rings. The summed E-state index contributed by atoms with van der Waals surface area (Å²) in [5.41, 5.74) is 2.10. The Morgan fingerprint density at radius 2 is 2.11 bits per heavy atom. The number of rotatable bonds is 3. The van der Waals surface area contributed by atoms with Crippen molar-refractivity contribution in [1.29, 1.82) is 0 Å². The van der Waals surface area contributed by atoms with E-state index in [1.165, 1.54) is 0 Å². The van der Waals surface area contributed by atoms with Crippen LogP contribution in [-0.4, -0.2) is 30.6 Å². The molecule has 4 nitrogen and oxygen atoms in total. The summed E-state index contributed by atoms with van der Waals surface area (Å²) in [5, 5.41) is 13.4. The maximum absolute atomic E-state index is 9.23. The number of fused-ring (bicyclic) bond motifs is 1. The third-order valence-electron chi connectivity index (χ3n) is 3.88. The van der Waals surface area contributed by atoms with Crippen LogP contribution in [0.5, 0.6) is 5.75 Å². The first-order valence-electron chi connectivity index (χ1n) is 6.31. The van der Waals surface area contributed by atoms with E-state index < -0.39 is 0 Å². The van der Waals surface area contributed by atoms with Gasteiger partial charge in [0.15, 0.2) is 0 Å². The van der Waals surface area contributed by atoms with E-state index in [4.69, 9.17) is 9.57 Å². The number of oxime groups is 1. The molecule has 1 saturated carbocycles. The zero-order valence-electron chi connectivity index (χ0n) is 10.4. The van der Waals surface area contributed by atoms with Crippen LogP contribution in [0.25, 0.3) is 0 Å². The molecule has 0 saturated heterocycles. The van der Waals surface area contributed by atoms with E-state index in [1.54, 1.807) is 7.11 Å². The van der Waals surface area contributed by atoms with Gasteiger partial charge in [-0.1, -0.05) is 5.16 Å². The van der Waals surface area contributed by atoms with E-state index in [2.05, 4.69) is 5.16 Å². The number of benzene rings is 1. The van der Waals surface area contributed by atoms with Gasteiger partial charge in [0.1, 0.15) is 11.9 Å². The van der Waals surface area contributed by atoms with E-state index in [1.807, 2.05) is 24.3 Å². The Morgan fingerprint density at radius 1 is 1.33 bits per heavy atom. The van der Waals surface area contributed by atoms with Gasteiger partial charge in [-0.2, -0.15) is 0 Å². The molecule has 4 heteroatoms. The molecule has 3 atom stereocenters. The summed E-state index contributed by atoms with van der Waals surface area (Å²) in [6.07, 6.45) is 2.02. The highest BCUT2D eigenvalue weighted by atomic mass is 16.6. The van der Waals surface area contributed by atoms with E-state index in [9.17, 15) is 5.11 Å². The molecule has 1 heterocycles. The van der Waals surface area contributed by atoms with Crippen LogP contribution in [0, 0.1) is 11.8 Å². The van der Waals surface area contributed by atoms with Gasteiger partial charge in [-0.15, -0.1) is 0 Å². The number of nitrogens with zero attached hydrogens (tertiary/aromatic N) is 1. The van der Waals surface area contributed by atoms with Gasteiger partial charge in [-0.25, -0.2) is 0 Å². The third-order valence-corrected chi connectivity index (χ3v) is 3.88. The van der Waals surface area contributed by atoms with Crippen LogP contribution in [-0.2, 0) is 4.84 Å². The SMILES string of the molecule is COc1ccc(C2=NOC3CC(CO)CC23)cc1. The molecule has 0 radical (unpaired) electrons. The van der Waals surface area contributed by atoms with Crippen LogP contribution < -0.4 is 4.74 Å². The van der Waals surface area contributed by atoms with Crippen molar-refractivity contribution in [2.75, 3.05) is 13.7 Å². The summed E-state index contributed by atoms with van der Waals surface area (Å²) in [6.45, 7) is 0.242. The predicted molar refractivity (Wildman–Crippen MR) is 67.7 cm³/mol. The summed E-state index contributed by atoms with van der Waals surface area (Å²) in [4.78, 5) is 5.48. The highest BCUT2D eigenvalue weighted by molar-refractivity contribution is 6.03. The van der Waals surface area contributed by atoms with Crippen molar-refractivity contribution in [1.82, 2.24) is 0 Å². The summed E-state index contributed by atoms with van der Waals surface area (Å²) >= 11 is 0. The maximum atomic E-state index is 9.23. The molecule has 96 valence electrons. The van der Waals surface area contributed by atoms with Crippen molar-refractivity contribution < 1.29 is 14.7 Å². The number of methoxy groups -OCH3 is 1. The molecule has 0 bridgehead atoms.